The molecule has 0 saturated carbocycles. The monoisotopic (exact) mass is 1200 g/mol. The highest BCUT2D eigenvalue weighted by molar-refractivity contribution is 7.47. The second-order valence-electron chi connectivity index (χ2n) is 22.4. The summed E-state index contributed by atoms with van der Waals surface area (Å²) >= 11 is 0. The van der Waals surface area contributed by atoms with Crippen molar-refractivity contribution < 1.29 is 80.2 Å². The zero-order valence-electron chi connectivity index (χ0n) is 51.7. The van der Waals surface area contributed by atoms with Crippen LogP contribution >= 0.6 is 15.6 Å². The minimum absolute atomic E-state index is 0.104. The molecule has 0 aliphatic heterocycles. The van der Waals surface area contributed by atoms with E-state index in [0.717, 1.165) is 103 Å². The molecule has 0 radical (unpaired) electrons. The van der Waals surface area contributed by atoms with Gasteiger partial charge in [0.05, 0.1) is 26.4 Å². The summed E-state index contributed by atoms with van der Waals surface area (Å²) in [5.41, 5.74) is 0. The summed E-state index contributed by atoms with van der Waals surface area (Å²) in [5.74, 6) is -2.15. The van der Waals surface area contributed by atoms with Gasteiger partial charge < -0.3 is 33.8 Å². The van der Waals surface area contributed by atoms with Crippen molar-refractivity contribution in [1.82, 2.24) is 0 Å². The average molecular weight is 1200 g/mol. The van der Waals surface area contributed by atoms with Gasteiger partial charge in [0.2, 0.25) is 0 Å². The van der Waals surface area contributed by atoms with Crippen molar-refractivity contribution in [3.8, 4) is 0 Å². The fraction of sp³-hybridized carbons (Fsp3) is 0.935. The van der Waals surface area contributed by atoms with Crippen LogP contribution in [-0.4, -0.2) is 96.7 Å². The second-order valence-corrected chi connectivity index (χ2v) is 25.4. The lowest BCUT2D eigenvalue weighted by Gasteiger charge is -2.21. The van der Waals surface area contributed by atoms with Gasteiger partial charge in [0.25, 0.3) is 0 Å². The van der Waals surface area contributed by atoms with Crippen molar-refractivity contribution >= 4 is 39.5 Å². The van der Waals surface area contributed by atoms with Crippen molar-refractivity contribution in [2.45, 2.75) is 335 Å². The first-order chi connectivity index (χ1) is 39.2. The lowest BCUT2D eigenvalue weighted by Crippen LogP contribution is -2.30. The number of unbranched alkanes of at least 4 members (excludes halogenated alkanes) is 37. The van der Waals surface area contributed by atoms with Crippen LogP contribution in [0.4, 0.5) is 0 Å². The summed E-state index contributed by atoms with van der Waals surface area (Å²) in [6.45, 7) is 4.75. The Bertz CT molecular complexity index is 1570. The van der Waals surface area contributed by atoms with Gasteiger partial charge in [-0.2, -0.15) is 0 Å². The van der Waals surface area contributed by atoms with Gasteiger partial charge in [0.15, 0.2) is 12.2 Å². The van der Waals surface area contributed by atoms with Crippen LogP contribution in [0.25, 0.3) is 0 Å². The number of phosphoric acid groups is 2. The van der Waals surface area contributed by atoms with Crippen LogP contribution in [-0.2, 0) is 65.4 Å². The molecule has 0 saturated heterocycles. The van der Waals surface area contributed by atoms with E-state index in [1.165, 1.54) is 135 Å². The molecular weight excluding hydrogens is 1080 g/mol. The number of aliphatic hydroxyl groups is 1. The summed E-state index contributed by atoms with van der Waals surface area (Å²) in [7, 11) is -9.87. The maximum Gasteiger partial charge on any atom is 0.472 e. The van der Waals surface area contributed by atoms with Crippen molar-refractivity contribution in [2.75, 3.05) is 39.6 Å². The average Bonchev–Trinajstić information content (AvgIpc) is 3.44. The van der Waals surface area contributed by atoms with E-state index in [4.69, 9.17) is 37.0 Å². The Morgan fingerprint density at radius 3 is 0.728 bits per heavy atom. The molecule has 0 bridgehead atoms. The predicted molar refractivity (Wildman–Crippen MR) is 322 cm³/mol. The molecule has 480 valence electrons. The Balaban J connectivity index is 5.07. The largest absolute Gasteiger partial charge is 0.472 e. The summed E-state index contributed by atoms with van der Waals surface area (Å²) in [4.78, 5) is 71.7. The van der Waals surface area contributed by atoms with Gasteiger partial charge in [-0.15, -0.1) is 0 Å². The molecule has 3 N–H and O–H groups in total. The Morgan fingerprint density at radius 2 is 0.494 bits per heavy atom. The molecule has 0 aromatic rings. The lowest BCUT2D eigenvalue weighted by molar-refractivity contribution is -0.161. The molecule has 2 unspecified atom stereocenters. The van der Waals surface area contributed by atoms with E-state index < -0.39 is 97.5 Å². The number of ether oxygens (including phenoxy) is 4. The Hall–Kier alpha value is -1.94. The number of esters is 4. The molecule has 5 atom stereocenters. The molecule has 0 aliphatic carbocycles. The highest BCUT2D eigenvalue weighted by atomic mass is 31.2. The van der Waals surface area contributed by atoms with Crippen molar-refractivity contribution in [2.24, 2.45) is 0 Å². The second kappa shape index (κ2) is 57.2. The number of hydrogen-bond acceptors (Lipinski definition) is 15. The summed E-state index contributed by atoms with van der Waals surface area (Å²) in [6, 6.07) is 0. The van der Waals surface area contributed by atoms with Gasteiger partial charge in [0, 0.05) is 25.7 Å². The van der Waals surface area contributed by atoms with Crippen LogP contribution in [0.3, 0.4) is 0 Å². The summed E-state index contributed by atoms with van der Waals surface area (Å²) < 4.78 is 67.6. The van der Waals surface area contributed by atoms with Gasteiger partial charge in [-0.1, -0.05) is 265 Å². The standard InChI is InChI=1S/C62H120O17P2/c1-5-9-13-17-20-23-24-25-26-27-28-29-30-31-32-34-37-41-45-49-62(67)79-58(53-73-60(65)47-43-39-36-33-21-18-14-10-6-2)55-77-81(70,71)75-51-56(63)50-74-80(68,69)76-54-57(52-72-59(64)46-42-38-16-12-8-4)78-61(66)48-44-40-35-22-19-15-11-7-3/h56-58,63H,5-55H2,1-4H3,(H,68,69)(H,70,71)/t56-,57+,58+/m0/s1. The number of phosphoric ester groups is 2. The third kappa shape index (κ3) is 56.9. The van der Waals surface area contributed by atoms with E-state index in [-0.39, 0.29) is 25.7 Å². The quantitative estimate of drug-likeness (QED) is 0.0222. The zero-order valence-corrected chi connectivity index (χ0v) is 53.5. The number of rotatable bonds is 63. The highest BCUT2D eigenvalue weighted by Gasteiger charge is 2.30. The maximum atomic E-state index is 12.9. The van der Waals surface area contributed by atoms with Crippen LogP contribution in [0, 0.1) is 0 Å². The number of aliphatic hydroxyl groups excluding tert-OH is 1. The topological polar surface area (TPSA) is 237 Å². The van der Waals surface area contributed by atoms with Gasteiger partial charge in [-0.05, 0) is 25.7 Å². The first-order valence-electron chi connectivity index (χ1n) is 32.8. The molecule has 81 heavy (non-hydrogen) atoms. The highest BCUT2D eigenvalue weighted by Crippen LogP contribution is 2.45. The van der Waals surface area contributed by atoms with Crippen LogP contribution < -0.4 is 0 Å². The summed E-state index contributed by atoms with van der Waals surface area (Å²) in [5, 5.41) is 10.5. The molecule has 19 heteroatoms. The molecule has 0 rings (SSSR count). The van der Waals surface area contributed by atoms with E-state index in [1.54, 1.807) is 0 Å². The van der Waals surface area contributed by atoms with Gasteiger partial charge in [0.1, 0.15) is 19.3 Å². The third-order valence-corrected chi connectivity index (χ3v) is 16.3. The van der Waals surface area contributed by atoms with E-state index in [0.29, 0.717) is 25.7 Å². The number of carbonyl (C=O) groups excluding carboxylic acids is 4. The summed E-state index contributed by atoms with van der Waals surface area (Å²) in [6.07, 6.45) is 42.3. The molecule has 0 amide bonds. The molecule has 17 nitrogen and oxygen atoms in total. The SMILES string of the molecule is CCCCCCCCCCCCCCCCCCCCCC(=O)O[C@H](COC(=O)CCCCCCCCCCC)COP(=O)(O)OC[C@@H](O)COP(=O)(O)OC[C@@H](COC(=O)CCCCCCC)OC(=O)CCCCCCCCCC. The van der Waals surface area contributed by atoms with Gasteiger partial charge >= 0.3 is 39.5 Å². The maximum absolute atomic E-state index is 12.9. The number of hydrogen-bond donors (Lipinski definition) is 3. The molecule has 0 heterocycles. The van der Waals surface area contributed by atoms with E-state index in [9.17, 15) is 43.2 Å². The molecule has 0 fully saturated rings. The van der Waals surface area contributed by atoms with Crippen LogP contribution in [0.2, 0.25) is 0 Å². The fourth-order valence-corrected chi connectivity index (χ4v) is 10.9. The van der Waals surface area contributed by atoms with E-state index >= 15 is 0 Å². The van der Waals surface area contributed by atoms with Crippen molar-refractivity contribution in [3.05, 3.63) is 0 Å². The minimum Gasteiger partial charge on any atom is -0.462 e. The first-order valence-corrected chi connectivity index (χ1v) is 35.8. The van der Waals surface area contributed by atoms with Crippen LogP contribution in [0.5, 0.6) is 0 Å². The Morgan fingerprint density at radius 1 is 0.296 bits per heavy atom. The number of carbonyl (C=O) groups is 4. The normalized spacial score (nSPS) is 14.2. The Kier molecular flexibility index (Phi) is 55.8. The molecule has 0 aliphatic rings. The third-order valence-electron chi connectivity index (χ3n) is 14.4. The van der Waals surface area contributed by atoms with Gasteiger partial charge in [-0.25, -0.2) is 9.13 Å². The first kappa shape index (κ1) is 79.1. The van der Waals surface area contributed by atoms with Gasteiger partial charge in [-0.3, -0.25) is 37.3 Å². The van der Waals surface area contributed by atoms with Crippen molar-refractivity contribution in [1.29, 1.82) is 0 Å². The van der Waals surface area contributed by atoms with Crippen molar-refractivity contribution in [3.63, 3.8) is 0 Å². The molecular formula is C62H120O17P2. The Labute approximate surface area is 492 Å². The lowest BCUT2D eigenvalue weighted by atomic mass is 10.0. The zero-order chi connectivity index (χ0) is 59.8. The van der Waals surface area contributed by atoms with E-state index in [1.807, 2.05) is 0 Å². The van der Waals surface area contributed by atoms with Crippen LogP contribution in [0.15, 0.2) is 0 Å². The molecule has 0 spiro atoms. The minimum atomic E-state index is -4.94. The van der Waals surface area contributed by atoms with E-state index in [2.05, 4.69) is 27.7 Å². The smallest absolute Gasteiger partial charge is 0.462 e. The fourth-order valence-electron chi connectivity index (χ4n) is 9.28. The molecule has 0 aromatic carbocycles. The molecule has 0 aromatic heterocycles. The predicted octanol–water partition coefficient (Wildman–Crippen LogP) is 17.2. The van der Waals surface area contributed by atoms with Crippen LogP contribution in [0.1, 0.15) is 317 Å².